The highest BCUT2D eigenvalue weighted by atomic mass is 79.9. The van der Waals surface area contributed by atoms with Crippen molar-refractivity contribution in [1.82, 2.24) is 4.90 Å². The lowest BCUT2D eigenvalue weighted by Gasteiger charge is -2.23. The number of rotatable bonds is 4. The fourth-order valence-electron chi connectivity index (χ4n) is 1.36. The topological polar surface area (TPSA) is 29.3 Å². The molecule has 1 aromatic carbocycles. The summed E-state index contributed by atoms with van der Waals surface area (Å²) < 4.78 is 1.17. The Morgan fingerprint density at radius 2 is 2.06 bits per heavy atom. The Kier molecular flexibility index (Phi) is 7.24. The zero-order chi connectivity index (χ0) is 11.4. The zero-order valence-corrected chi connectivity index (χ0v) is 12.4. The van der Waals surface area contributed by atoms with Gasteiger partial charge in [-0.25, -0.2) is 0 Å². The molecule has 0 radical (unpaired) electrons. The van der Waals surface area contributed by atoms with E-state index in [1.165, 1.54) is 15.6 Å². The Hall–Kier alpha value is -0.0900. The maximum absolute atomic E-state index is 5.63. The lowest BCUT2D eigenvalue weighted by Crippen LogP contribution is -2.34. The second kappa shape index (κ2) is 7.28. The largest absolute Gasteiger partial charge is 0.329 e. The van der Waals surface area contributed by atoms with Gasteiger partial charge in [0.2, 0.25) is 0 Å². The lowest BCUT2D eigenvalue weighted by molar-refractivity contribution is 0.255. The van der Waals surface area contributed by atoms with Crippen LogP contribution in [0.2, 0.25) is 0 Å². The van der Waals surface area contributed by atoms with Crippen LogP contribution in [0.25, 0.3) is 0 Å². The van der Waals surface area contributed by atoms with Crippen LogP contribution in [0.4, 0.5) is 0 Å². The minimum atomic E-state index is 0. The Morgan fingerprint density at radius 1 is 1.44 bits per heavy atom. The molecule has 1 aromatic rings. The summed E-state index contributed by atoms with van der Waals surface area (Å²) in [4.78, 5) is 2.26. The predicted octanol–water partition coefficient (Wildman–Crippen LogP) is 2.96. The molecule has 1 rings (SSSR count). The van der Waals surface area contributed by atoms with Gasteiger partial charge < -0.3 is 5.73 Å². The highest BCUT2D eigenvalue weighted by Gasteiger charge is 2.07. The van der Waals surface area contributed by atoms with Gasteiger partial charge in [-0.1, -0.05) is 28.1 Å². The fraction of sp³-hybridized carbons (Fsp3) is 0.500. The van der Waals surface area contributed by atoms with Crippen LogP contribution in [-0.2, 0) is 6.54 Å². The molecule has 0 bridgehead atoms. The molecule has 1 unspecified atom stereocenters. The van der Waals surface area contributed by atoms with E-state index in [-0.39, 0.29) is 12.4 Å². The van der Waals surface area contributed by atoms with Crippen LogP contribution in [-0.4, -0.2) is 24.5 Å². The number of halogens is 2. The molecule has 0 heterocycles. The Labute approximate surface area is 113 Å². The fourth-order valence-corrected chi connectivity index (χ4v) is 1.78. The molecule has 0 aliphatic rings. The molecule has 0 aliphatic heterocycles. The van der Waals surface area contributed by atoms with Gasteiger partial charge in [0.05, 0.1) is 0 Å². The van der Waals surface area contributed by atoms with Crippen LogP contribution >= 0.6 is 28.3 Å². The van der Waals surface area contributed by atoms with Crippen molar-refractivity contribution in [3.05, 3.63) is 33.8 Å². The number of hydrogen-bond donors (Lipinski definition) is 1. The molecule has 1 atom stereocenters. The number of benzene rings is 1. The smallest absolute Gasteiger partial charge is 0.0234 e. The van der Waals surface area contributed by atoms with Crippen molar-refractivity contribution < 1.29 is 0 Å². The summed E-state index contributed by atoms with van der Waals surface area (Å²) in [6, 6.07) is 6.90. The van der Waals surface area contributed by atoms with Crippen LogP contribution in [0.3, 0.4) is 0 Å². The molecular formula is C12H20BrClN2. The summed E-state index contributed by atoms with van der Waals surface area (Å²) in [5.74, 6) is 0. The summed E-state index contributed by atoms with van der Waals surface area (Å²) in [6.07, 6.45) is 0. The molecule has 0 spiro atoms. The molecular weight excluding hydrogens is 288 g/mol. The molecule has 0 amide bonds. The maximum atomic E-state index is 5.63. The molecule has 92 valence electrons. The van der Waals surface area contributed by atoms with Gasteiger partial charge in [0, 0.05) is 23.6 Å². The summed E-state index contributed by atoms with van der Waals surface area (Å²) >= 11 is 3.55. The van der Waals surface area contributed by atoms with E-state index < -0.39 is 0 Å². The minimum Gasteiger partial charge on any atom is -0.329 e. The first-order valence-electron chi connectivity index (χ1n) is 5.20. The van der Waals surface area contributed by atoms with E-state index in [9.17, 15) is 0 Å². The second-order valence-corrected chi connectivity index (χ2v) is 4.94. The number of nitrogens with zero attached hydrogens (tertiary/aromatic N) is 1. The quantitative estimate of drug-likeness (QED) is 0.926. The van der Waals surface area contributed by atoms with Crippen molar-refractivity contribution in [2.75, 3.05) is 13.6 Å². The highest BCUT2D eigenvalue weighted by Crippen LogP contribution is 2.18. The summed E-state index contributed by atoms with van der Waals surface area (Å²) in [5.41, 5.74) is 8.22. The monoisotopic (exact) mass is 306 g/mol. The average Bonchev–Trinajstić information content (AvgIpc) is 2.22. The van der Waals surface area contributed by atoms with Crippen molar-refractivity contribution in [3.8, 4) is 0 Å². The molecule has 0 aromatic heterocycles. The molecule has 0 saturated carbocycles. The van der Waals surface area contributed by atoms with Gasteiger partial charge in [0.15, 0.2) is 0 Å². The van der Waals surface area contributed by atoms with Crippen molar-refractivity contribution >= 4 is 28.3 Å². The maximum Gasteiger partial charge on any atom is 0.0234 e. The molecule has 16 heavy (non-hydrogen) atoms. The van der Waals surface area contributed by atoms with E-state index in [0.29, 0.717) is 12.6 Å². The number of aryl methyl sites for hydroxylation is 1. The third-order valence-electron chi connectivity index (χ3n) is 2.76. The van der Waals surface area contributed by atoms with E-state index >= 15 is 0 Å². The molecule has 2 N–H and O–H groups in total. The third kappa shape index (κ3) is 4.42. The SMILES string of the molecule is Cc1ccc(CN(C)C(C)CN)cc1Br.Cl. The Morgan fingerprint density at radius 3 is 2.56 bits per heavy atom. The Bertz CT molecular complexity index is 331. The Balaban J connectivity index is 0.00000225. The first kappa shape index (κ1) is 15.9. The van der Waals surface area contributed by atoms with Gasteiger partial charge >= 0.3 is 0 Å². The predicted molar refractivity (Wildman–Crippen MR) is 76.1 cm³/mol. The van der Waals surface area contributed by atoms with E-state index in [2.05, 4.69) is 59.9 Å². The molecule has 0 saturated heterocycles. The van der Waals surface area contributed by atoms with E-state index in [1.54, 1.807) is 0 Å². The van der Waals surface area contributed by atoms with Gasteiger partial charge in [0.25, 0.3) is 0 Å². The highest BCUT2D eigenvalue weighted by molar-refractivity contribution is 9.10. The third-order valence-corrected chi connectivity index (χ3v) is 3.62. The van der Waals surface area contributed by atoms with Crippen LogP contribution in [0.5, 0.6) is 0 Å². The average molecular weight is 308 g/mol. The minimum absolute atomic E-state index is 0. The van der Waals surface area contributed by atoms with Crippen LogP contribution in [0.15, 0.2) is 22.7 Å². The van der Waals surface area contributed by atoms with Gasteiger partial charge in [0.1, 0.15) is 0 Å². The van der Waals surface area contributed by atoms with Gasteiger partial charge in [-0.05, 0) is 38.1 Å². The van der Waals surface area contributed by atoms with Crippen molar-refractivity contribution in [1.29, 1.82) is 0 Å². The van der Waals surface area contributed by atoms with Crippen molar-refractivity contribution in [3.63, 3.8) is 0 Å². The molecule has 4 heteroatoms. The second-order valence-electron chi connectivity index (χ2n) is 4.08. The standard InChI is InChI=1S/C12H19BrN2.ClH/c1-9-4-5-11(6-12(9)13)8-15(3)10(2)7-14;/h4-6,10H,7-8,14H2,1-3H3;1H. The van der Waals surface area contributed by atoms with Gasteiger partial charge in [-0.3, -0.25) is 4.90 Å². The number of hydrogen-bond acceptors (Lipinski definition) is 2. The van der Waals surface area contributed by atoms with Crippen LogP contribution in [0.1, 0.15) is 18.1 Å². The van der Waals surface area contributed by atoms with Crippen LogP contribution in [0, 0.1) is 6.92 Å². The zero-order valence-electron chi connectivity index (χ0n) is 10.0. The summed E-state index contributed by atoms with van der Waals surface area (Å²) in [7, 11) is 2.10. The molecule has 2 nitrogen and oxygen atoms in total. The van der Waals surface area contributed by atoms with Gasteiger partial charge in [-0.2, -0.15) is 0 Å². The van der Waals surface area contributed by atoms with Crippen molar-refractivity contribution in [2.24, 2.45) is 5.73 Å². The normalized spacial score (nSPS) is 12.4. The van der Waals surface area contributed by atoms with E-state index in [0.717, 1.165) is 6.54 Å². The van der Waals surface area contributed by atoms with E-state index in [4.69, 9.17) is 5.73 Å². The first-order valence-corrected chi connectivity index (χ1v) is 5.99. The number of nitrogens with two attached hydrogens (primary N) is 1. The number of likely N-dealkylation sites (N-methyl/N-ethyl adjacent to an activating group) is 1. The summed E-state index contributed by atoms with van der Waals surface area (Å²) in [5, 5.41) is 0. The molecule has 0 aliphatic carbocycles. The van der Waals surface area contributed by atoms with Crippen LogP contribution < -0.4 is 5.73 Å². The lowest BCUT2D eigenvalue weighted by atomic mass is 10.1. The first-order chi connectivity index (χ1) is 7.04. The summed E-state index contributed by atoms with van der Waals surface area (Å²) in [6.45, 7) is 5.88. The van der Waals surface area contributed by atoms with Crippen molar-refractivity contribution in [2.45, 2.75) is 26.4 Å². The van der Waals surface area contributed by atoms with Gasteiger partial charge in [-0.15, -0.1) is 12.4 Å². The molecule has 0 fully saturated rings. The van der Waals surface area contributed by atoms with E-state index in [1.807, 2.05) is 0 Å².